The Balaban J connectivity index is 0. The van der Waals surface area contributed by atoms with Gasteiger partial charge in [0, 0.05) is 0 Å². The van der Waals surface area contributed by atoms with Gasteiger partial charge < -0.3 is 31.3 Å². The molecule has 12 heavy (non-hydrogen) atoms. The third-order valence-corrected chi connectivity index (χ3v) is 1.54. The Kier molecular flexibility index (Phi) is 6.66. The highest BCUT2D eigenvalue weighted by Crippen LogP contribution is 2.35. The van der Waals surface area contributed by atoms with E-state index in [2.05, 4.69) is 4.52 Å². The molecular weight excluding hydrogens is 249 g/mol. The van der Waals surface area contributed by atoms with Crippen LogP contribution in [0, 0.1) is 0 Å². The monoisotopic (exact) mass is 263 g/mol. The van der Waals surface area contributed by atoms with Crippen molar-refractivity contribution in [1.82, 2.24) is 0 Å². The molecule has 0 spiro atoms. The molecule has 0 aliphatic carbocycles. The third-order valence-electron chi connectivity index (χ3n) is 1.02. The van der Waals surface area contributed by atoms with E-state index >= 15 is 0 Å². The van der Waals surface area contributed by atoms with E-state index in [1.165, 1.54) is 0 Å². The number of halogens is 1. The maximum absolute atomic E-state index is 10.2. The van der Waals surface area contributed by atoms with Crippen LogP contribution in [-0.2, 0) is 9.09 Å². The highest BCUT2D eigenvalue weighted by molar-refractivity contribution is 7.46. The molecule has 5 nitrogen and oxygen atoms in total. The fraction of sp³-hybridized carbons (Fsp3) is 1.00. The Hall–Kier alpha value is 0.550. The molecule has 0 aliphatic heterocycles. The summed E-state index contributed by atoms with van der Waals surface area (Å²) in [5.74, 6) is 0. The molecule has 0 atom stereocenters. The number of likely N-dealkylation sites (N-methyl/N-ethyl adjacent to an activating group) is 1. The topological polar surface area (TPSA) is 66.8 Å². The van der Waals surface area contributed by atoms with Gasteiger partial charge in [-0.3, -0.25) is 4.52 Å². The minimum atomic E-state index is -4.26. The van der Waals surface area contributed by atoms with Crippen molar-refractivity contribution in [3.8, 4) is 0 Å². The maximum atomic E-state index is 10.2. The smallest absolute Gasteiger partial charge is 0.469 e. The van der Waals surface area contributed by atoms with Crippen LogP contribution in [-0.4, -0.2) is 48.6 Å². The van der Waals surface area contributed by atoms with Crippen molar-refractivity contribution in [2.75, 3.05) is 34.3 Å². The van der Waals surface area contributed by atoms with E-state index < -0.39 is 7.82 Å². The van der Waals surface area contributed by atoms with Gasteiger partial charge in [-0.1, -0.05) is 0 Å². The Morgan fingerprint density at radius 2 is 1.75 bits per heavy atom. The lowest BCUT2D eigenvalue weighted by Crippen LogP contribution is -3.00. The summed E-state index contributed by atoms with van der Waals surface area (Å²) in [6, 6.07) is 0. The second kappa shape index (κ2) is 5.32. The molecule has 2 N–H and O–H groups in total. The zero-order chi connectivity index (χ0) is 9.12. The summed E-state index contributed by atoms with van der Waals surface area (Å²) >= 11 is 0. The van der Waals surface area contributed by atoms with Gasteiger partial charge >= 0.3 is 7.82 Å². The molecule has 0 rings (SSSR count). The lowest BCUT2D eigenvalue weighted by atomic mass is 10.5. The predicted octanol–water partition coefficient (Wildman–Crippen LogP) is -3.19. The summed E-state index contributed by atoms with van der Waals surface area (Å²) < 4.78 is 15.1. The average Bonchev–Trinajstić information content (AvgIpc) is 1.55. The molecule has 0 unspecified atom stereocenters. The highest BCUT2D eigenvalue weighted by atomic mass is 79.9. The van der Waals surface area contributed by atoms with Crippen molar-refractivity contribution in [1.29, 1.82) is 0 Å². The maximum Gasteiger partial charge on any atom is 0.469 e. The quantitative estimate of drug-likeness (QED) is 0.415. The zero-order valence-electron chi connectivity index (χ0n) is 7.40. The van der Waals surface area contributed by atoms with Gasteiger partial charge in [0.2, 0.25) is 0 Å². The van der Waals surface area contributed by atoms with Crippen molar-refractivity contribution in [2.24, 2.45) is 0 Å². The second-order valence-corrected chi connectivity index (χ2v) is 4.58. The van der Waals surface area contributed by atoms with Crippen molar-refractivity contribution in [3.63, 3.8) is 0 Å². The van der Waals surface area contributed by atoms with E-state index in [4.69, 9.17) is 9.79 Å². The van der Waals surface area contributed by atoms with Crippen LogP contribution in [0.3, 0.4) is 0 Å². The summed E-state index contributed by atoms with van der Waals surface area (Å²) in [6.07, 6.45) is 0. The Morgan fingerprint density at radius 1 is 1.33 bits per heavy atom. The molecule has 0 amide bonds. The van der Waals surface area contributed by atoms with Crippen LogP contribution in [0.1, 0.15) is 0 Å². The van der Waals surface area contributed by atoms with Gasteiger partial charge in [-0.2, -0.15) is 0 Å². The number of phosphoric acid groups is 1. The predicted molar refractivity (Wildman–Crippen MR) is 40.9 cm³/mol. The standard InChI is InChI=1S/C5H14NO4P.BrH/c1-6(2,3)4-5-10-11(7,8)9;/h4-5H2,1-3H3,(H-,7,8,9);1H. The van der Waals surface area contributed by atoms with Gasteiger partial charge in [0.05, 0.1) is 21.1 Å². The summed E-state index contributed by atoms with van der Waals surface area (Å²) in [4.78, 5) is 16.6. The molecule has 0 radical (unpaired) electrons. The molecule has 0 aromatic rings. The molecule has 0 saturated heterocycles. The first-order valence-electron chi connectivity index (χ1n) is 3.21. The number of quaternary nitrogens is 1. The molecular formula is C5H15BrNO4P. The fourth-order valence-electron chi connectivity index (χ4n) is 0.434. The third kappa shape index (κ3) is 13.2. The summed E-state index contributed by atoms with van der Waals surface area (Å²) in [6.45, 7) is 0.652. The number of nitrogens with zero attached hydrogens (tertiary/aromatic N) is 1. The van der Waals surface area contributed by atoms with E-state index in [-0.39, 0.29) is 23.6 Å². The minimum Gasteiger partial charge on any atom is -1.00 e. The number of rotatable bonds is 4. The van der Waals surface area contributed by atoms with Gasteiger partial charge in [-0.25, -0.2) is 4.57 Å². The summed E-state index contributed by atoms with van der Waals surface area (Å²) in [5.41, 5.74) is 0. The first kappa shape index (κ1) is 15.0. The lowest BCUT2D eigenvalue weighted by Gasteiger charge is -2.23. The van der Waals surface area contributed by atoms with Gasteiger partial charge in [-0.05, 0) is 0 Å². The van der Waals surface area contributed by atoms with Crippen LogP contribution in [0.4, 0.5) is 0 Å². The Morgan fingerprint density at radius 3 is 2.00 bits per heavy atom. The van der Waals surface area contributed by atoms with Crippen LogP contribution in [0.15, 0.2) is 0 Å². The lowest BCUT2D eigenvalue weighted by molar-refractivity contribution is -0.870. The van der Waals surface area contributed by atoms with Crippen molar-refractivity contribution >= 4 is 7.82 Å². The van der Waals surface area contributed by atoms with E-state index in [0.29, 0.717) is 11.0 Å². The number of phosphoric ester groups is 1. The van der Waals surface area contributed by atoms with E-state index in [1.807, 2.05) is 21.1 Å². The van der Waals surface area contributed by atoms with Gasteiger partial charge in [0.25, 0.3) is 0 Å². The molecule has 0 bridgehead atoms. The molecule has 0 fully saturated rings. The fourth-order valence-corrected chi connectivity index (χ4v) is 0.753. The van der Waals surface area contributed by atoms with E-state index in [9.17, 15) is 4.57 Å². The van der Waals surface area contributed by atoms with Crippen LogP contribution in [0.5, 0.6) is 0 Å². The molecule has 0 aromatic carbocycles. The van der Waals surface area contributed by atoms with Crippen molar-refractivity contribution in [3.05, 3.63) is 0 Å². The zero-order valence-corrected chi connectivity index (χ0v) is 9.88. The van der Waals surface area contributed by atoms with Crippen molar-refractivity contribution < 1.29 is 40.3 Å². The molecule has 0 saturated carbocycles. The molecule has 0 aliphatic rings. The minimum absolute atomic E-state index is 0. The largest absolute Gasteiger partial charge is 1.00 e. The molecule has 76 valence electrons. The molecule has 0 heterocycles. The van der Waals surface area contributed by atoms with Crippen LogP contribution in [0.25, 0.3) is 0 Å². The van der Waals surface area contributed by atoms with E-state index in [0.717, 1.165) is 0 Å². The molecule has 7 heteroatoms. The second-order valence-electron chi connectivity index (χ2n) is 3.34. The summed E-state index contributed by atoms with van der Waals surface area (Å²) in [7, 11) is 1.50. The Labute approximate surface area is 82.9 Å². The first-order valence-corrected chi connectivity index (χ1v) is 4.74. The van der Waals surface area contributed by atoms with Gasteiger partial charge in [-0.15, -0.1) is 0 Å². The van der Waals surface area contributed by atoms with Crippen LogP contribution in [0.2, 0.25) is 0 Å². The van der Waals surface area contributed by atoms with Gasteiger partial charge in [0.15, 0.2) is 0 Å². The van der Waals surface area contributed by atoms with Crippen LogP contribution < -0.4 is 17.0 Å². The molecule has 0 aromatic heterocycles. The normalized spacial score (nSPS) is 12.4. The number of hydrogen-bond acceptors (Lipinski definition) is 2. The SMILES string of the molecule is C[N+](C)(C)CCOP(=O)(O)O.[Br-]. The highest BCUT2D eigenvalue weighted by Gasteiger charge is 2.15. The van der Waals surface area contributed by atoms with Crippen LogP contribution >= 0.6 is 7.82 Å². The average molecular weight is 264 g/mol. The van der Waals surface area contributed by atoms with Crippen molar-refractivity contribution in [2.45, 2.75) is 0 Å². The Bertz CT molecular complexity index is 163. The first-order chi connectivity index (χ1) is 4.71. The summed E-state index contributed by atoms with van der Waals surface area (Å²) in [5, 5.41) is 0. The van der Waals surface area contributed by atoms with E-state index in [1.54, 1.807) is 0 Å². The number of hydrogen-bond donors (Lipinski definition) is 2. The van der Waals surface area contributed by atoms with Gasteiger partial charge in [0.1, 0.15) is 13.2 Å².